The molecule has 4 aromatic rings. The molecule has 10 nitrogen and oxygen atoms in total. The second-order valence-corrected chi connectivity index (χ2v) is 9.12. The number of rotatable bonds is 12. The van der Waals surface area contributed by atoms with Gasteiger partial charge in [0.25, 0.3) is 5.91 Å². The minimum absolute atomic E-state index is 0.185. The molecule has 0 aliphatic heterocycles. The molecular formula is C27H27N5O5S. The zero-order valence-corrected chi connectivity index (χ0v) is 21.8. The van der Waals surface area contributed by atoms with Gasteiger partial charge < -0.3 is 19.5 Å². The number of nitrogens with zero attached hydrogens (tertiary/aromatic N) is 3. The van der Waals surface area contributed by atoms with E-state index in [2.05, 4.69) is 25.9 Å². The molecule has 0 saturated carbocycles. The Bertz CT molecular complexity index is 1360. The lowest BCUT2D eigenvalue weighted by atomic mass is 10.2. The molecule has 0 unspecified atom stereocenters. The van der Waals surface area contributed by atoms with Crippen molar-refractivity contribution in [2.24, 2.45) is 0 Å². The summed E-state index contributed by atoms with van der Waals surface area (Å²) in [5.74, 6) is 0.892. The van der Waals surface area contributed by atoms with Gasteiger partial charge in [-0.15, -0.1) is 10.2 Å². The largest absolute Gasteiger partial charge is 0.497 e. The van der Waals surface area contributed by atoms with Crippen molar-refractivity contribution in [1.29, 1.82) is 0 Å². The number of carbonyl (C=O) groups excluding carboxylic acids is 2. The maximum absolute atomic E-state index is 13.0. The summed E-state index contributed by atoms with van der Waals surface area (Å²) >= 11 is 1.44. The van der Waals surface area contributed by atoms with Crippen molar-refractivity contribution < 1.29 is 23.8 Å². The number of para-hydroxylation sites is 1. The van der Waals surface area contributed by atoms with Gasteiger partial charge in [0.15, 0.2) is 6.61 Å². The number of anilines is 1. The third-order valence-electron chi connectivity index (χ3n) is 5.36. The molecule has 0 bridgehead atoms. The lowest BCUT2D eigenvalue weighted by molar-refractivity contribution is -0.146. The number of hydrogen-bond acceptors (Lipinski definition) is 9. The molecule has 0 aliphatic rings. The zero-order valence-electron chi connectivity index (χ0n) is 21.0. The van der Waals surface area contributed by atoms with Gasteiger partial charge in [-0.25, -0.2) is 4.79 Å². The summed E-state index contributed by atoms with van der Waals surface area (Å²) in [7, 11) is 1.60. The summed E-state index contributed by atoms with van der Waals surface area (Å²) in [6, 6.07) is 19.6. The second kappa shape index (κ2) is 13.2. The van der Waals surface area contributed by atoms with Crippen LogP contribution in [0.15, 0.2) is 76.5 Å². The molecule has 3 aromatic carbocycles. The van der Waals surface area contributed by atoms with E-state index in [0.29, 0.717) is 35.2 Å². The van der Waals surface area contributed by atoms with Crippen molar-refractivity contribution in [3.63, 3.8) is 0 Å². The molecule has 0 atom stereocenters. The molecule has 11 heteroatoms. The highest BCUT2D eigenvalue weighted by molar-refractivity contribution is 7.99. The number of carbonyl (C=O) groups is 2. The Hall–Kier alpha value is -4.38. The molecule has 0 saturated heterocycles. The van der Waals surface area contributed by atoms with Gasteiger partial charge in [-0.1, -0.05) is 37.2 Å². The SMILES string of the molecule is CCCCOC(=O)COc1ccc(C(=O)Nc2ccccc2Sc2cc(OC)ccc2-c2nn[nH]n2)cc1. The minimum Gasteiger partial charge on any atom is -0.497 e. The fraction of sp³-hybridized carbons (Fsp3) is 0.222. The number of tetrazole rings is 1. The number of benzene rings is 3. The summed E-state index contributed by atoms with van der Waals surface area (Å²) < 4.78 is 15.9. The molecule has 1 amide bonds. The maximum Gasteiger partial charge on any atom is 0.344 e. The molecule has 0 spiro atoms. The van der Waals surface area contributed by atoms with Crippen molar-refractivity contribution in [2.75, 3.05) is 25.6 Å². The number of methoxy groups -OCH3 is 1. The van der Waals surface area contributed by atoms with E-state index in [1.807, 2.05) is 49.4 Å². The van der Waals surface area contributed by atoms with E-state index in [4.69, 9.17) is 14.2 Å². The lowest BCUT2D eigenvalue weighted by Crippen LogP contribution is -2.15. The summed E-state index contributed by atoms with van der Waals surface area (Å²) in [4.78, 5) is 26.4. The number of amides is 1. The van der Waals surface area contributed by atoms with Crippen LogP contribution in [0.25, 0.3) is 11.4 Å². The van der Waals surface area contributed by atoms with Crippen molar-refractivity contribution in [2.45, 2.75) is 29.6 Å². The van der Waals surface area contributed by atoms with E-state index < -0.39 is 5.97 Å². The lowest BCUT2D eigenvalue weighted by Gasteiger charge is -2.13. The van der Waals surface area contributed by atoms with Gasteiger partial charge in [-0.2, -0.15) is 5.21 Å². The number of aromatic nitrogens is 4. The summed E-state index contributed by atoms with van der Waals surface area (Å²) in [5.41, 5.74) is 1.85. The second-order valence-electron chi connectivity index (χ2n) is 8.04. The predicted octanol–water partition coefficient (Wildman–Crippen LogP) is 5.00. The van der Waals surface area contributed by atoms with Crippen molar-refractivity contribution >= 4 is 29.3 Å². The standard InChI is InChI=1S/C27H27N5O5S/c1-3-4-15-36-25(33)17-37-19-11-9-18(10-12-19)27(34)28-22-7-5-6-8-23(22)38-24-16-20(35-2)13-14-21(24)26-29-31-32-30-26/h5-14,16H,3-4,15,17H2,1-2H3,(H,28,34)(H,29,30,31,32). The number of unbranched alkanes of at least 4 members (excludes halogenated alkanes) is 1. The van der Waals surface area contributed by atoms with E-state index in [1.165, 1.54) is 11.8 Å². The average Bonchev–Trinajstić information content (AvgIpc) is 3.48. The molecule has 0 fully saturated rings. The van der Waals surface area contributed by atoms with Crippen LogP contribution in [0.4, 0.5) is 5.69 Å². The number of hydrogen-bond donors (Lipinski definition) is 2. The topological polar surface area (TPSA) is 128 Å². The molecular weight excluding hydrogens is 506 g/mol. The maximum atomic E-state index is 13.0. The molecule has 0 radical (unpaired) electrons. The monoisotopic (exact) mass is 533 g/mol. The Kier molecular flexibility index (Phi) is 9.30. The van der Waals surface area contributed by atoms with Gasteiger partial charge in [-0.3, -0.25) is 4.79 Å². The Morgan fingerprint density at radius 2 is 1.79 bits per heavy atom. The van der Waals surface area contributed by atoms with Gasteiger partial charge in [-0.05, 0) is 66.2 Å². The number of ether oxygens (including phenoxy) is 3. The average molecular weight is 534 g/mol. The van der Waals surface area contributed by atoms with Crippen LogP contribution >= 0.6 is 11.8 Å². The van der Waals surface area contributed by atoms with Crippen molar-refractivity contribution in [3.8, 4) is 22.9 Å². The van der Waals surface area contributed by atoms with Crippen LogP contribution in [-0.2, 0) is 9.53 Å². The molecule has 0 aliphatic carbocycles. The number of nitrogens with one attached hydrogen (secondary N) is 2. The first-order chi connectivity index (χ1) is 18.6. The third-order valence-corrected chi connectivity index (χ3v) is 6.50. The van der Waals surface area contributed by atoms with Gasteiger partial charge in [0, 0.05) is 20.9 Å². The highest BCUT2D eigenvalue weighted by atomic mass is 32.2. The first-order valence-corrected chi connectivity index (χ1v) is 12.8. The Labute approximate surface area is 224 Å². The van der Waals surface area contributed by atoms with E-state index >= 15 is 0 Å². The summed E-state index contributed by atoms with van der Waals surface area (Å²) in [6.45, 7) is 2.22. The molecule has 4 rings (SSSR count). The highest BCUT2D eigenvalue weighted by Crippen LogP contribution is 2.40. The normalized spacial score (nSPS) is 10.6. The van der Waals surface area contributed by atoms with Crippen LogP contribution in [0.2, 0.25) is 0 Å². The van der Waals surface area contributed by atoms with E-state index in [9.17, 15) is 9.59 Å². The van der Waals surface area contributed by atoms with Crippen LogP contribution in [-0.4, -0.2) is 52.8 Å². The van der Waals surface area contributed by atoms with E-state index in [1.54, 1.807) is 31.4 Å². The Morgan fingerprint density at radius 1 is 1.00 bits per heavy atom. The summed E-state index contributed by atoms with van der Waals surface area (Å²) in [5, 5.41) is 17.3. The van der Waals surface area contributed by atoms with Gasteiger partial charge >= 0.3 is 5.97 Å². The molecule has 1 heterocycles. The quantitative estimate of drug-likeness (QED) is 0.191. The highest BCUT2D eigenvalue weighted by Gasteiger charge is 2.16. The zero-order chi connectivity index (χ0) is 26.7. The van der Waals surface area contributed by atoms with Gasteiger partial charge in [0.2, 0.25) is 5.82 Å². The van der Waals surface area contributed by atoms with Gasteiger partial charge in [0.1, 0.15) is 11.5 Å². The van der Waals surface area contributed by atoms with E-state index in [0.717, 1.165) is 28.2 Å². The van der Waals surface area contributed by atoms with Crippen LogP contribution in [0, 0.1) is 0 Å². The fourth-order valence-electron chi connectivity index (χ4n) is 3.36. The number of H-pyrrole nitrogens is 1. The summed E-state index contributed by atoms with van der Waals surface area (Å²) in [6.07, 6.45) is 1.76. The van der Waals surface area contributed by atoms with E-state index in [-0.39, 0.29) is 12.5 Å². The Balaban J connectivity index is 1.44. The molecule has 196 valence electrons. The smallest absolute Gasteiger partial charge is 0.344 e. The van der Waals surface area contributed by atoms with Crippen LogP contribution in [0.1, 0.15) is 30.1 Å². The Morgan fingerprint density at radius 3 is 2.53 bits per heavy atom. The van der Waals surface area contributed by atoms with Crippen LogP contribution in [0.3, 0.4) is 0 Å². The first kappa shape index (κ1) is 26.7. The molecule has 38 heavy (non-hydrogen) atoms. The number of aromatic amines is 1. The van der Waals surface area contributed by atoms with Crippen molar-refractivity contribution in [1.82, 2.24) is 20.6 Å². The third kappa shape index (κ3) is 7.10. The molecule has 1 aromatic heterocycles. The van der Waals surface area contributed by atoms with Crippen LogP contribution < -0.4 is 14.8 Å². The predicted molar refractivity (Wildman–Crippen MR) is 142 cm³/mol. The fourth-order valence-corrected chi connectivity index (χ4v) is 4.42. The minimum atomic E-state index is -0.423. The first-order valence-electron chi connectivity index (χ1n) is 12.0. The molecule has 2 N–H and O–H groups in total. The van der Waals surface area contributed by atoms with Gasteiger partial charge in [0.05, 0.1) is 19.4 Å². The van der Waals surface area contributed by atoms with Crippen LogP contribution in [0.5, 0.6) is 11.5 Å². The van der Waals surface area contributed by atoms with Crippen molar-refractivity contribution in [3.05, 3.63) is 72.3 Å². The number of esters is 1.